The van der Waals surface area contributed by atoms with Gasteiger partial charge in [-0.3, -0.25) is 0 Å². The van der Waals surface area contributed by atoms with Gasteiger partial charge in [-0.15, -0.1) is 0 Å². The fraction of sp³-hybridized carbons (Fsp3) is 0.364. The molecule has 5 N–H and O–H groups in total. The second kappa shape index (κ2) is 4.79. The maximum Gasteiger partial charge on any atom is 0.337 e. The minimum absolute atomic E-state index is 0.0244. The molecule has 1 rings (SSSR count). The molecule has 1 aromatic carbocycles. The Balaban J connectivity index is 2.99. The van der Waals surface area contributed by atoms with Gasteiger partial charge < -0.3 is 16.6 Å². The Morgan fingerprint density at radius 2 is 2.20 bits per heavy atom. The number of rotatable bonds is 4. The number of nitrogens with two attached hydrogens (primary N) is 2. The second-order valence-electron chi connectivity index (χ2n) is 3.56. The van der Waals surface area contributed by atoms with E-state index in [1.54, 1.807) is 6.07 Å². The maximum absolute atomic E-state index is 10.8. The average molecular weight is 208 g/mol. The van der Waals surface area contributed by atoms with E-state index >= 15 is 0 Å². The van der Waals surface area contributed by atoms with E-state index < -0.39 is 5.97 Å². The van der Waals surface area contributed by atoms with E-state index in [9.17, 15) is 4.79 Å². The minimum atomic E-state index is -1.00. The number of hydrogen-bond donors (Lipinski definition) is 3. The molecule has 1 unspecified atom stereocenters. The van der Waals surface area contributed by atoms with Crippen molar-refractivity contribution in [1.29, 1.82) is 0 Å². The number of nitrogen functional groups attached to an aromatic ring is 1. The van der Waals surface area contributed by atoms with Gasteiger partial charge in [-0.05, 0) is 24.5 Å². The molecule has 4 heteroatoms. The van der Waals surface area contributed by atoms with E-state index in [2.05, 4.69) is 0 Å². The molecule has 0 aliphatic carbocycles. The lowest BCUT2D eigenvalue weighted by Gasteiger charge is -2.12. The van der Waals surface area contributed by atoms with E-state index in [0.717, 1.165) is 12.0 Å². The molecule has 1 atom stereocenters. The van der Waals surface area contributed by atoms with Gasteiger partial charge >= 0.3 is 5.97 Å². The van der Waals surface area contributed by atoms with Crippen molar-refractivity contribution in [3.05, 3.63) is 29.3 Å². The molecule has 0 spiro atoms. The van der Waals surface area contributed by atoms with Crippen LogP contribution in [0.15, 0.2) is 18.2 Å². The Hall–Kier alpha value is -1.55. The summed E-state index contributed by atoms with van der Waals surface area (Å²) in [7, 11) is 0. The van der Waals surface area contributed by atoms with Gasteiger partial charge in [-0.25, -0.2) is 4.79 Å². The molecule has 0 saturated carbocycles. The largest absolute Gasteiger partial charge is 0.478 e. The molecule has 0 aliphatic heterocycles. The standard InChI is InChI=1S/C11H16N2O2/c1-2-8(12)6-7-4-3-5-9(10(7)13)11(14)15/h3-5,8H,2,6,12-13H2,1H3,(H,14,15). The first-order valence-electron chi connectivity index (χ1n) is 4.92. The first kappa shape index (κ1) is 11.5. The smallest absolute Gasteiger partial charge is 0.337 e. The van der Waals surface area contributed by atoms with Crippen LogP contribution in [0.5, 0.6) is 0 Å². The summed E-state index contributed by atoms with van der Waals surface area (Å²) in [6, 6.07) is 5.03. The normalized spacial score (nSPS) is 12.4. The van der Waals surface area contributed by atoms with E-state index in [4.69, 9.17) is 16.6 Å². The molecular formula is C11H16N2O2. The van der Waals surface area contributed by atoms with Crippen molar-refractivity contribution in [2.24, 2.45) is 5.73 Å². The summed E-state index contributed by atoms with van der Waals surface area (Å²) in [5.74, 6) is -1.00. The predicted molar refractivity (Wildman–Crippen MR) is 59.8 cm³/mol. The summed E-state index contributed by atoms with van der Waals surface area (Å²) in [6.45, 7) is 1.99. The summed E-state index contributed by atoms with van der Waals surface area (Å²) in [6.07, 6.45) is 1.46. The predicted octanol–water partition coefficient (Wildman–Crippen LogP) is 1.25. The van der Waals surface area contributed by atoms with Gasteiger partial charge in [0, 0.05) is 11.7 Å². The topological polar surface area (TPSA) is 89.3 Å². The Bertz CT molecular complexity index is 364. The van der Waals surface area contributed by atoms with Gasteiger partial charge in [-0.1, -0.05) is 19.1 Å². The summed E-state index contributed by atoms with van der Waals surface area (Å²) in [4.78, 5) is 10.8. The Labute approximate surface area is 88.9 Å². The van der Waals surface area contributed by atoms with Gasteiger partial charge in [0.05, 0.1) is 5.56 Å². The van der Waals surface area contributed by atoms with Gasteiger partial charge in [0.15, 0.2) is 0 Å². The molecule has 0 bridgehead atoms. The lowest BCUT2D eigenvalue weighted by atomic mass is 10.00. The third-order valence-corrected chi connectivity index (χ3v) is 2.43. The zero-order chi connectivity index (χ0) is 11.4. The van der Waals surface area contributed by atoms with E-state index in [1.165, 1.54) is 6.07 Å². The molecule has 15 heavy (non-hydrogen) atoms. The van der Waals surface area contributed by atoms with Crippen LogP contribution in [-0.4, -0.2) is 17.1 Å². The quantitative estimate of drug-likeness (QED) is 0.649. The Morgan fingerprint density at radius 1 is 1.53 bits per heavy atom. The van der Waals surface area contributed by atoms with Gasteiger partial charge in [0.2, 0.25) is 0 Å². The van der Waals surface area contributed by atoms with Gasteiger partial charge in [-0.2, -0.15) is 0 Å². The SMILES string of the molecule is CCC(N)Cc1cccc(C(=O)O)c1N. The molecule has 0 radical (unpaired) electrons. The van der Waals surface area contributed by atoms with Crippen molar-refractivity contribution in [2.75, 3.05) is 5.73 Å². The highest BCUT2D eigenvalue weighted by atomic mass is 16.4. The van der Waals surface area contributed by atoms with E-state index in [1.807, 2.05) is 13.0 Å². The van der Waals surface area contributed by atoms with Crippen LogP contribution in [0.25, 0.3) is 0 Å². The highest BCUT2D eigenvalue weighted by molar-refractivity contribution is 5.94. The highest BCUT2D eigenvalue weighted by Crippen LogP contribution is 2.19. The third kappa shape index (κ3) is 2.70. The summed E-state index contributed by atoms with van der Waals surface area (Å²) in [5, 5.41) is 8.87. The van der Waals surface area contributed by atoms with Crippen molar-refractivity contribution >= 4 is 11.7 Å². The van der Waals surface area contributed by atoms with Crippen LogP contribution in [0.2, 0.25) is 0 Å². The lowest BCUT2D eigenvalue weighted by molar-refractivity contribution is 0.0698. The number of hydrogen-bond acceptors (Lipinski definition) is 3. The Kier molecular flexibility index (Phi) is 3.68. The number of carboxylic acid groups (broad SMARTS) is 1. The first-order valence-corrected chi connectivity index (χ1v) is 4.92. The fourth-order valence-corrected chi connectivity index (χ4v) is 1.40. The zero-order valence-corrected chi connectivity index (χ0v) is 8.73. The monoisotopic (exact) mass is 208 g/mol. The van der Waals surface area contributed by atoms with Crippen LogP contribution >= 0.6 is 0 Å². The molecule has 0 saturated heterocycles. The van der Waals surface area contributed by atoms with Gasteiger partial charge in [0.25, 0.3) is 0 Å². The fourth-order valence-electron chi connectivity index (χ4n) is 1.40. The Morgan fingerprint density at radius 3 is 2.73 bits per heavy atom. The van der Waals surface area contributed by atoms with Crippen molar-refractivity contribution < 1.29 is 9.90 Å². The molecule has 4 nitrogen and oxygen atoms in total. The number of carbonyl (C=O) groups is 1. The summed E-state index contributed by atoms with van der Waals surface area (Å²) < 4.78 is 0. The molecule has 0 amide bonds. The first-order chi connectivity index (χ1) is 7.06. The van der Waals surface area contributed by atoms with Crippen molar-refractivity contribution in [3.8, 4) is 0 Å². The molecule has 0 fully saturated rings. The number of benzene rings is 1. The van der Waals surface area contributed by atoms with Gasteiger partial charge in [0.1, 0.15) is 0 Å². The van der Waals surface area contributed by atoms with Crippen LogP contribution in [0.4, 0.5) is 5.69 Å². The number of aromatic carboxylic acids is 1. The molecule has 82 valence electrons. The van der Waals surface area contributed by atoms with Crippen LogP contribution in [0.3, 0.4) is 0 Å². The van der Waals surface area contributed by atoms with Crippen molar-refractivity contribution in [1.82, 2.24) is 0 Å². The lowest BCUT2D eigenvalue weighted by Crippen LogP contribution is -2.22. The van der Waals surface area contributed by atoms with Crippen LogP contribution in [0.1, 0.15) is 29.3 Å². The van der Waals surface area contributed by atoms with E-state index in [0.29, 0.717) is 12.1 Å². The second-order valence-corrected chi connectivity index (χ2v) is 3.56. The van der Waals surface area contributed by atoms with E-state index in [-0.39, 0.29) is 11.6 Å². The summed E-state index contributed by atoms with van der Waals surface area (Å²) >= 11 is 0. The number of anilines is 1. The third-order valence-electron chi connectivity index (χ3n) is 2.43. The number of para-hydroxylation sites is 1. The van der Waals surface area contributed by atoms with Crippen LogP contribution in [0, 0.1) is 0 Å². The molecule has 0 heterocycles. The molecule has 0 aliphatic rings. The van der Waals surface area contributed by atoms with Crippen LogP contribution < -0.4 is 11.5 Å². The average Bonchev–Trinajstić information content (AvgIpc) is 2.20. The van der Waals surface area contributed by atoms with Crippen LogP contribution in [-0.2, 0) is 6.42 Å². The zero-order valence-electron chi connectivity index (χ0n) is 8.73. The van der Waals surface area contributed by atoms with Crippen molar-refractivity contribution in [2.45, 2.75) is 25.8 Å². The highest BCUT2D eigenvalue weighted by Gasteiger charge is 2.12. The number of carboxylic acids is 1. The minimum Gasteiger partial charge on any atom is -0.478 e. The van der Waals surface area contributed by atoms with Crippen molar-refractivity contribution in [3.63, 3.8) is 0 Å². The molecular weight excluding hydrogens is 192 g/mol. The molecule has 1 aromatic rings. The summed E-state index contributed by atoms with van der Waals surface area (Å²) in [5.41, 5.74) is 12.8. The maximum atomic E-state index is 10.8. The molecule has 0 aromatic heterocycles.